The average Bonchev–Trinajstić information content (AvgIpc) is 2.38. The molecule has 0 bridgehead atoms. The maximum Gasteiger partial charge on any atom is 0.273 e. The van der Waals surface area contributed by atoms with E-state index in [-0.39, 0.29) is 17.7 Å². The summed E-state index contributed by atoms with van der Waals surface area (Å²) in [4.78, 5) is 33.2. The normalized spacial score (nSPS) is 11.2. The number of hydrogen-bond donors (Lipinski definition) is 2. The van der Waals surface area contributed by atoms with Crippen LogP contribution in [0.15, 0.2) is 18.2 Å². The molecule has 7 heteroatoms. The molecule has 0 radical (unpaired) electrons. The molecular formula is C13H13N3O4. The van der Waals surface area contributed by atoms with Crippen molar-refractivity contribution in [2.75, 3.05) is 0 Å². The maximum atomic E-state index is 11.9. The number of terminal acetylenes is 1. The second-order valence-electron chi connectivity index (χ2n) is 4.10. The molecule has 0 unspecified atom stereocenters. The first-order valence-electron chi connectivity index (χ1n) is 5.65. The highest BCUT2D eigenvalue weighted by atomic mass is 16.6. The molecule has 0 aliphatic carbocycles. The Morgan fingerprint density at radius 1 is 1.55 bits per heavy atom. The lowest BCUT2D eigenvalue weighted by atomic mass is 10.1. The Balaban J connectivity index is 2.98. The van der Waals surface area contributed by atoms with Crippen molar-refractivity contribution in [2.24, 2.45) is 5.73 Å². The van der Waals surface area contributed by atoms with Gasteiger partial charge in [0.2, 0.25) is 5.91 Å². The summed E-state index contributed by atoms with van der Waals surface area (Å²) < 4.78 is 0. The van der Waals surface area contributed by atoms with Crippen LogP contribution in [0.4, 0.5) is 5.69 Å². The molecule has 104 valence electrons. The fourth-order valence-corrected chi connectivity index (χ4v) is 1.53. The highest BCUT2D eigenvalue weighted by molar-refractivity contribution is 5.98. The highest BCUT2D eigenvalue weighted by Crippen LogP contribution is 2.19. The van der Waals surface area contributed by atoms with E-state index in [4.69, 9.17) is 12.2 Å². The molecule has 0 saturated heterocycles. The number of nitrogens with zero attached hydrogens (tertiary/aromatic N) is 1. The Kier molecular flexibility index (Phi) is 4.81. The molecule has 0 aliphatic heterocycles. The second kappa shape index (κ2) is 6.33. The zero-order valence-electron chi connectivity index (χ0n) is 10.8. The predicted octanol–water partition coefficient (Wildman–Crippen LogP) is 0.510. The first-order valence-corrected chi connectivity index (χ1v) is 5.65. The topological polar surface area (TPSA) is 115 Å². The molecule has 1 rings (SSSR count). The predicted molar refractivity (Wildman–Crippen MR) is 71.7 cm³/mol. The van der Waals surface area contributed by atoms with Crippen LogP contribution in [-0.2, 0) is 4.79 Å². The third-order valence-corrected chi connectivity index (χ3v) is 2.64. The number of nitro benzene ring substituents is 1. The van der Waals surface area contributed by atoms with Crippen molar-refractivity contribution in [3.8, 4) is 12.3 Å². The van der Waals surface area contributed by atoms with Crippen molar-refractivity contribution in [1.29, 1.82) is 0 Å². The van der Waals surface area contributed by atoms with Crippen LogP contribution in [0.2, 0.25) is 0 Å². The smallest absolute Gasteiger partial charge is 0.273 e. The summed E-state index contributed by atoms with van der Waals surface area (Å²) in [6.07, 6.45) is 5.02. The van der Waals surface area contributed by atoms with Gasteiger partial charge in [0, 0.05) is 23.6 Å². The fourth-order valence-electron chi connectivity index (χ4n) is 1.53. The molecule has 1 aromatic rings. The van der Waals surface area contributed by atoms with Crippen LogP contribution in [0.1, 0.15) is 22.3 Å². The van der Waals surface area contributed by atoms with Crippen LogP contribution in [0.25, 0.3) is 0 Å². The van der Waals surface area contributed by atoms with Gasteiger partial charge in [0.25, 0.3) is 11.6 Å². The number of rotatable bonds is 5. The summed E-state index contributed by atoms with van der Waals surface area (Å²) in [5.41, 5.74) is 5.41. The van der Waals surface area contributed by atoms with Gasteiger partial charge in [-0.05, 0) is 13.0 Å². The molecule has 3 N–H and O–H groups in total. The highest BCUT2D eigenvalue weighted by Gasteiger charge is 2.20. The van der Waals surface area contributed by atoms with Gasteiger partial charge in [0.05, 0.1) is 4.92 Å². The van der Waals surface area contributed by atoms with Gasteiger partial charge in [-0.15, -0.1) is 12.3 Å². The standard InChI is InChI=1S/C13H13N3O4/c1-3-4-10(12(14)17)15-13(18)9-6-5-8(2)11(7-9)16(19)20/h1,5-7,10H,4H2,2H3,(H2,14,17)(H,15,18)/t10-/m0/s1. The number of nitro groups is 1. The molecule has 1 atom stereocenters. The number of carbonyl (C=O) groups excluding carboxylic acids is 2. The number of carbonyl (C=O) groups is 2. The third-order valence-electron chi connectivity index (χ3n) is 2.64. The van der Waals surface area contributed by atoms with Crippen molar-refractivity contribution < 1.29 is 14.5 Å². The van der Waals surface area contributed by atoms with E-state index in [2.05, 4.69) is 11.2 Å². The van der Waals surface area contributed by atoms with Crippen LogP contribution in [-0.4, -0.2) is 22.8 Å². The molecule has 0 saturated carbocycles. The van der Waals surface area contributed by atoms with Crippen molar-refractivity contribution in [2.45, 2.75) is 19.4 Å². The Bertz CT molecular complexity index is 604. The summed E-state index contributed by atoms with van der Waals surface area (Å²) >= 11 is 0. The number of nitrogens with one attached hydrogen (secondary N) is 1. The monoisotopic (exact) mass is 275 g/mol. The molecular weight excluding hydrogens is 262 g/mol. The lowest BCUT2D eigenvalue weighted by Gasteiger charge is -2.12. The van der Waals surface area contributed by atoms with Crippen LogP contribution >= 0.6 is 0 Å². The zero-order chi connectivity index (χ0) is 15.3. The largest absolute Gasteiger partial charge is 0.368 e. The van der Waals surface area contributed by atoms with Gasteiger partial charge in [0.1, 0.15) is 6.04 Å². The lowest BCUT2D eigenvalue weighted by Crippen LogP contribution is -2.44. The molecule has 0 heterocycles. The van der Waals surface area contributed by atoms with E-state index < -0.39 is 22.8 Å². The molecule has 0 fully saturated rings. The molecule has 2 amide bonds. The fraction of sp³-hybridized carbons (Fsp3) is 0.231. The van der Waals surface area contributed by atoms with Gasteiger partial charge in [-0.1, -0.05) is 6.07 Å². The van der Waals surface area contributed by atoms with Crippen LogP contribution < -0.4 is 11.1 Å². The van der Waals surface area contributed by atoms with E-state index in [0.29, 0.717) is 5.56 Å². The molecule has 20 heavy (non-hydrogen) atoms. The van der Waals surface area contributed by atoms with Gasteiger partial charge in [-0.3, -0.25) is 19.7 Å². The average molecular weight is 275 g/mol. The summed E-state index contributed by atoms with van der Waals surface area (Å²) in [6.45, 7) is 1.56. The van der Waals surface area contributed by atoms with Crippen LogP contribution in [0.3, 0.4) is 0 Å². The minimum absolute atomic E-state index is 0.0466. The van der Waals surface area contributed by atoms with Gasteiger partial charge in [-0.2, -0.15) is 0 Å². The van der Waals surface area contributed by atoms with E-state index >= 15 is 0 Å². The summed E-state index contributed by atoms with van der Waals surface area (Å²) in [5, 5.41) is 13.1. The molecule has 0 aromatic heterocycles. The Morgan fingerprint density at radius 2 is 2.20 bits per heavy atom. The number of primary amides is 1. The van der Waals surface area contributed by atoms with Crippen LogP contribution in [0, 0.1) is 29.4 Å². The zero-order valence-corrected chi connectivity index (χ0v) is 10.8. The second-order valence-corrected chi connectivity index (χ2v) is 4.10. The van der Waals surface area contributed by atoms with Crippen molar-refractivity contribution in [3.05, 3.63) is 39.4 Å². The van der Waals surface area contributed by atoms with Gasteiger partial charge < -0.3 is 11.1 Å². The van der Waals surface area contributed by atoms with E-state index in [9.17, 15) is 19.7 Å². The number of benzene rings is 1. The SMILES string of the molecule is C#CC[C@H](NC(=O)c1ccc(C)c([N+](=O)[O-])c1)C(N)=O. The third kappa shape index (κ3) is 3.55. The van der Waals surface area contributed by atoms with Crippen molar-refractivity contribution in [1.82, 2.24) is 5.32 Å². The van der Waals surface area contributed by atoms with Crippen LogP contribution in [0.5, 0.6) is 0 Å². The van der Waals surface area contributed by atoms with Gasteiger partial charge >= 0.3 is 0 Å². The Hall–Kier alpha value is -2.88. The maximum absolute atomic E-state index is 11.9. The van der Waals surface area contributed by atoms with Gasteiger partial charge in [-0.25, -0.2) is 0 Å². The van der Waals surface area contributed by atoms with E-state index in [1.807, 2.05) is 0 Å². The van der Waals surface area contributed by atoms with Gasteiger partial charge in [0.15, 0.2) is 0 Å². The first kappa shape index (κ1) is 15.2. The quantitative estimate of drug-likeness (QED) is 0.462. The Labute approximate surface area is 115 Å². The molecule has 7 nitrogen and oxygen atoms in total. The van der Waals surface area contributed by atoms with E-state index in [1.165, 1.54) is 12.1 Å². The van der Waals surface area contributed by atoms with E-state index in [0.717, 1.165) is 6.07 Å². The van der Waals surface area contributed by atoms with E-state index in [1.54, 1.807) is 6.92 Å². The van der Waals surface area contributed by atoms with Crippen molar-refractivity contribution >= 4 is 17.5 Å². The number of amides is 2. The number of hydrogen-bond acceptors (Lipinski definition) is 4. The molecule has 1 aromatic carbocycles. The summed E-state index contributed by atoms with van der Waals surface area (Å²) in [5.74, 6) is 0.809. The number of nitrogens with two attached hydrogens (primary N) is 1. The minimum atomic E-state index is -1.01. The first-order chi connectivity index (χ1) is 9.36. The molecule has 0 aliphatic rings. The summed E-state index contributed by atoms with van der Waals surface area (Å²) in [7, 11) is 0. The van der Waals surface area contributed by atoms with Crippen molar-refractivity contribution in [3.63, 3.8) is 0 Å². The minimum Gasteiger partial charge on any atom is -0.368 e. The lowest BCUT2D eigenvalue weighted by molar-refractivity contribution is -0.385. The molecule has 0 spiro atoms. The Morgan fingerprint density at radius 3 is 2.70 bits per heavy atom. The number of aryl methyl sites for hydroxylation is 1. The summed E-state index contributed by atoms with van der Waals surface area (Å²) in [6, 6.07) is 3.00.